The van der Waals surface area contributed by atoms with Gasteiger partial charge in [-0.25, -0.2) is 4.68 Å². The smallest absolute Gasteiger partial charge is 0.295 e. The average Bonchev–Trinajstić information content (AvgIpc) is 3.18. The number of rotatable bonds is 6. The normalized spacial score (nSPS) is 11.3. The van der Waals surface area contributed by atoms with Crippen LogP contribution in [0, 0.1) is 25.2 Å². The summed E-state index contributed by atoms with van der Waals surface area (Å²) < 4.78 is 10.2. The molecule has 0 saturated heterocycles. The van der Waals surface area contributed by atoms with E-state index in [9.17, 15) is 19.6 Å². The molecule has 3 heterocycles. The molecule has 0 aliphatic carbocycles. The lowest BCUT2D eigenvalue weighted by molar-refractivity contribution is -0.112. The zero-order chi connectivity index (χ0) is 29.3. The number of carbonyl (C=O) groups is 1. The van der Waals surface area contributed by atoms with Crippen molar-refractivity contribution in [1.29, 1.82) is 5.26 Å². The highest BCUT2D eigenvalue weighted by Crippen LogP contribution is 2.30. The van der Waals surface area contributed by atoms with E-state index < -0.39 is 22.6 Å². The van der Waals surface area contributed by atoms with Gasteiger partial charge in [0.2, 0.25) is 5.88 Å². The third-order valence-electron chi connectivity index (χ3n) is 6.54. The number of halogens is 1. The van der Waals surface area contributed by atoms with Crippen LogP contribution < -0.4 is 21.2 Å². The van der Waals surface area contributed by atoms with Crippen molar-refractivity contribution < 1.29 is 9.53 Å². The summed E-state index contributed by atoms with van der Waals surface area (Å²) in [6.07, 6.45) is 2.62. The van der Waals surface area contributed by atoms with Crippen LogP contribution in [0.15, 0.2) is 88.1 Å². The molecular weight excluding hydrogens is 544 g/mol. The molecule has 11 heteroatoms. The van der Waals surface area contributed by atoms with Crippen LogP contribution in [0.3, 0.4) is 0 Å². The zero-order valence-corrected chi connectivity index (χ0v) is 23.0. The van der Waals surface area contributed by atoms with Crippen molar-refractivity contribution in [3.63, 3.8) is 0 Å². The summed E-state index contributed by atoms with van der Waals surface area (Å²) in [5.41, 5.74) is 0.482. The van der Waals surface area contributed by atoms with Gasteiger partial charge in [-0.3, -0.25) is 23.5 Å². The number of hydrogen-bond donors (Lipinski definition) is 1. The number of ether oxygens (including phenoxy) is 1. The SMILES string of the molecule is Cc1cccn2c(=O)c(C=C(C#N)C(=O)Nc3c(C)n(C)n(-c4ccccc4)c3=O)c(Oc3ccccc3Cl)nc12. The summed E-state index contributed by atoms with van der Waals surface area (Å²) in [5, 5.41) is 12.8. The highest BCUT2D eigenvalue weighted by atomic mass is 35.5. The van der Waals surface area contributed by atoms with Crippen molar-refractivity contribution >= 4 is 34.9 Å². The topological polar surface area (TPSA) is 123 Å². The summed E-state index contributed by atoms with van der Waals surface area (Å²) in [5.74, 6) is -0.783. The second-order valence-electron chi connectivity index (χ2n) is 9.11. The maximum atomic E-state index is 13.6. The number of nitriles is 1. The predicted octanol–water partition coefficient (Wildman–Crippen LogP) is 4.79. The maximum Gasteiger partial charge on any atom is 0.295 e. The molecule has 41 heavy (non-hydrogen) atoms. The van der Waals surface area contributed by atoms with Crippen molar-refractivity contribution in [2.24, 2.45) is 7.05 Å². The Kier molecular flexibility index (Phi) is 7.29. The van der Waals surface area contributed by atoms with Gasteiger partial charge in [-0.05, 0) is 55.8 Å². The van der Waals surface area contributed by atoms with Crippen LogP contribution >= 0.6 is 11.6 Å². The predicted molar refractivity (Wildman–Crippen MR) is 156 cm³/mol. The number of amides is 1. The molecule has 0 saturated carbocycles. The number of para-hydroxylation sites is 2. The number of hydrogen-bond acceptors (Lipinski definition) is 6. The Morgan fingerprint density at radius 3 is 2.44 bits per heavy atom. The summed E-state index contributed by atoms with van der Waals surface area (Å²) in [6.45, 7) is 3.46. The molecule has 5 rings (SSSR count). The first kappa shape index (κ1) is 27.2. The largest absolute Gasteiger partial charge is 0.437 e. The second-order valence-corrected chi connectivity index (χ2v) is 9.52. The molecule has 1 amide bonds. The lowest BCUT2D eigenvalue weighted by Crippen LogP contribution is -2.24. The van der Waals surface area contributed by atoms with Gasteiger partial charge in [-0.1, -0.05) is 48.0 Å². The van der Waals surface area contributed by atoms with Crippen LogP contribution in [0.5, 0.6) is 11.6 Å². The molecule has 3 aromatic heterocycles. The van der Waals surface area contributed by atoms with E-state index in [0.717, 1.165) is 6.08 Å². The molecule has 0 aliphatic rings. The van der Waals surface area contributed by atoms with Crippen LogP contribution in [0.1, 0.15) is 16.8 Å². The van der Waals surface area contributed by atoms with E-state index in [2.05, 4.69) is 10.3 Å². The second kappa shape index (κ2) is 11.0. The number of fused-ring (bicyclic) bond motifs is 1. The summed E-state index contributed by atoms with van der Waals surface area (Å²) in [7, 11) is 1.68. The van der Waals surface area contributed by atoms with Crippen LogP contribution in [-0.2, 0) is 11.8 Å². The maximum absolute atomic E-state index is 13.6. The van der Waals surface area contributed by atoms with Gasteiger partial charge in [0.15, 0.2) is 0 Å². The van der Waals surface area contributed by atoms with Crippen molar-refractivity contribution in [1.82, 2.24) is 18.7 Å². The van der Waals surface area contributed by atoms with Gasteiger partial charge in [0.05, 0.1) is 16.4 Å². The number of nitrogens with zero attached hydrogens (tertiary/aromatic N) is 5. The molecule has 0 unspecified atom stereocenters. The van der Waals surface area contributed by atoms with Gasteiger partial charge in [0.25, 0.3) is 17.0 Å². The first-order valence-electron chi connectivity index (χ1n) is 12.4. The Balaban J connectivity index is 1.61. The zero-order valence-electron chi connectivity index (χ0n) is 22.3. The van der Waals surface area contributed by atoms with Gasteiger partial charge < -0.3 is 10.1 Å². The molecule has 204 valence electrons. The fraction of sp³-hybridized carbons (Fsp3) is 0.100. The van der Waals surface area contributed by atoms with Crippen molar-refractivity contribution in [3.05, 3.63) is 121 Å². The van der Waals surface area contributed by atoms with Crippen LogP contribution in [0.25, 0.3) is 17.4 Å². The lowest BCUT2D eigenvalue weighted by atomic mass is 10.1. The van der Waals surface area contributed by atoms with Crippen molar-refractivity contribution in [2.45, 2.75) is 13.8 Å². The first-order chi connectivity index (χ1) is 19.7. The Morgan fingerprint density at radius 1 is 1.02 bits per heavy atom. The summed E-state index contributed by atoms with van der Waals surface area (Å²) in [4.78, 5) is 44.7. The number of benzene rings is 2. The van der Waals surface area contributed by atoms with Gasteiger partial charge >= 0.3 is 0 Å². The van der Waals surface area contributed by atoms with Gasteiger partial charge in [0.1, 0.15) is 34.3 Å². The fourth-order valence-electron chi connectivity index (χ4n) is 4.31. The van der Waals surface area contributed by atoms with Crippen molar-refractivity contribution in [2.75, 3.05) is 5.32 Å². The van der Waals surface area contributed by atoms with Crippen LogP contribution in [0.2, 0.25) is 5.02 Å². The number of aromatic nitrogens is 4. The molecule has 0 bridgehead atoms. The first-order valence-corrected chi connectivity index (χ1v) is 12.8. The van der Waals surface area contributed by atoms with Crippen LogP contribution in [-0.4, -0.2) is 24.7 Å². The minimum atomic E-state index is -0.879. The van der Waals surface area contributed by atoms with Gasteiger partial charge in [-0.15, -0.1) is 0 Å². The van der Waals surface area contributed by atoms with E-state index in [1.54, 1.807) is 86.2 Å². The molecular formula is C30H23ClN6O4. The van der Waals surface area contributed by atoms with Gasteiger partial charge in [0, 0.05) is 13.2 Å². The Morgan fingerprint density at radius 2 is 1.73 bits per heavy atom. The molecule has 0 fully saturated rings. The van der Waals surface area contributed by atoms with E-state index in [1.165, 1.54) is 15.3 Å². The van der Waals surface area contributed by atoms with E-state index in [4.69, 9.17) is 16.3 Å². The Labute approximate surface area is 238 Å². The quantitative estimate of drug-likeness (QED) is 0.233. The highest BCUT2D eigenvalue weighted by molar-refractivity contribution is 6.32. The molecule has 0 radical (unpaired) electrons. The number of pyridine rings is 1. The Bertz CT molecular complexity index is 2020. The molecule has 0 spiro atoms. The molecule has 5 aromatic rings. The fourth-order valence-corrected chi connectivity index (χ4v) is 4.49. The van der Waals surface area contributed by atoms with E-state index in [0.29, 0.717) is 22.6 Å². The third kappa shape index (κ3) is 5.02. The minimum Gasteiger partial charge on any atom is -0.437 e. The minimum absolute atomic E-state index is 0.000901. The number of nitrogens with one attached hydrogen (secondary N) is 1. The number of carbonyl (C=O) groups excluding carboxylic acids is 1. The van der Waals surface area contributed by atoms with Gasteiger partial charge in [-0.2, -0.15) is 10.2 Å². The van der Waals surface area contributed by atoms with E-state index >= 15 is 0 Å². The van der Waals surface area contributed by atoms with E-state index in [-0.39, 0.29) is 27.9 Å². The van der Waals surface area contributed by atoms with E-state index in [1.807, 2.05) is 12.1 Å². The highest BCUT2D eigenvalue weighted by Gasteiger charge is 2.22. The molecule has 1 N–H and O–H groups in total. The monoisotopic (exact) mass is 566 g/mol. The molecule has 0 aliphatic heterocycles. The average molecular weight is 567 g/mol. The Hall–Kier alpha value is -5.40. The molecule has 2 aromatic carbocycles. The number of anilines is 1. The third-order valence-corrected chi connectivity index (χ3v) is 6.85. The molecule has 0 atom stereocenters. The standard InChI is InChI=1S/C30H23ClN6O4/c1-18-10-9-15-36-26(18)34-28(41-24-14-8-7-13-23(24)31)22(29(36)39)16-20(17-32)27(38)33-25-19(2)35(3)37(30(25)40)21-11-5-4-6-12-21/h4-16H,1-3H3,(H,33,38). The number of aryl methyl sites for hydroxylation is 1. The molecule has 10 nitrogen and oxygen atoms in total. The van der Waals surface area contributed by atoms with Crippen LogP contribution in [0.4, 0.5) is 5.69 Å². The summed E-state index contributed by atoms with van der Waals surface area (Å²) >= 11 is 6.28. The lowest BCUT2D eigenvalue weighted by Gasteiger charge is -2.12. The van der Waals surface area contributed by atoms with Crippen molar-refractivity contribution in [3.8, 4) is 23.4 Å². The summed E-state index contributed by atoms with van der Waals surface area (Å²) in [6, 6.07) is 20.9.